The summed E-state index contributed by atoms with van der Waals surface area (Å²) in [5, 5.41) is 19.8. The number of aryl methyl sites for hydroxylation is 2. The summed E-state index contributed by atoms with van der Waals surface area (Å²) < 4.78 is 63.7. The van der Waals surface area contributed by atoms with Crippen LogP contribution in [0.1, 0.15) is 28.0 Å². The number of hydrogen-bond acceptors (Lipinski definition) is 5. The number of nitrogens with zero attached hydrogens (tertiary/aromatic N) is 4. The summed E-state index contributed by atoms with van der Waals surface area (Å²) >= 11 is 5.94. The van der Waals surface area contributed by atoms with Crippen molar-refractivity contribution in [3.8, 4) is 6.07 Å². The van der Waals surface area contributed by atoms with Gasteiger partial charge in [0.15, 0.2) is 0 Å². The summed E-state index contributed by atoms with van der Waals surface area (Å²) in [5.74, 6) is -0.462. The molecule has 0 aliphatic carbocycles. The molecule has 1 aliphatic heterocycles. The highest BCUT2D eigenvalue weighted by atomic mass is 35.5. The van der Waals surface area contributed by atoms with Crippen LogP contribution in [0.15, 0.2) is 48.5 Å². The van der Waals surface area contributed by atoms with E-state index in [-0.39, 0.29) is 67.3 Å². The Labute approximate surface area is 228 Å². The molecule has 39 heavy (non-hydrogen) atoms. The van der Waals surface area contributed by atoms with E-state index in [9.17, 15) is 22.5 Å². The van der Waals surface area contributed by atoms with Gasteiger partial charge in [-0.1, -0.05) is 17.7 Å². The lowest BCUT2D eigenvalue weighted by Gasteiger charge is -2.35. The molecule has 0 spiro atoms. The Hall–Kier alpha value is -3.36. The number of morpholine rings is 1. The Morgan fingerprint density at radius 1 is 1.21 bits per heavy atom. The zero-order valence-corrected chi connectivity index (χ0v) is 22.5. The van der Waals surface area contributed by atoms with Crippen LogP contribution in [-0.2, 0) is 22.0 Å². The van der Waals surface area contributed by atoms with Crippen LogP contribution in [0.25, 0.3) is 0 Å². The lowest BCUT2D eigenvalue weighted by Crippen LogP contribution is -2.40. The maximum absolute atomic E-state index is 15.0. The number of hydrogen-bond donors (Lipinski definition) is 2. The number of carbonyl (C=O) groups excluding carboxylic acids is 1. The average molecular weight is 581 g/mol. The van der Waals surface area contributed by atoms with Gasteiger partial charge < -0.3 is 15.1 Å². The summed E-state index contributed by atoms with van der Waals surface area (Å²) in [6.45, 7) is 2.62. The number of carbonyl (C=O) groups is 1. The minimum Gasteiger partial charge on any atom is -0.379 e. The number of benzene rings is 2. The summed E-state index contributed by atoms with van der Waals surface area (Å²) in [7, 11) is -3.95. The quantitative estimate of drug-likeness (QED) is 0.348. The van der Waals surface area contributed by atoms with E-state index in [0.29, 0.717) is 5.02 Å². The SMILES string of the molecule is Cc1nn(CCC#N)c(NC(=O)c2ccc(Cl)cc2)c1P(=O)(Nc1cccc(C(F)(F)F)c1)N1CCOCC1. The number of rotatable bonds is 8. The third-order valence-electron chi connectivity index (χ3n) is 6.03. The molecule has 1 atom stereocenters. The zero-order valence-electron chi connectivity index (χ0n) is 20.8. The summed E-state index contributed by atoms with van der Waals surface area (Å²) in [5.41, 5.74) is -0.366. The number of aromatic nitrogens is 2. The Bertz CT molecular complexity index is 1430. The molecule has 9 nitrogen and oxygen atoms in total. The number of nitrogens with one attached hydrogen (secondary N) is 2. The number of alkyl halides is 3. The highest BCUT2D eigenvalue weighted by Crippen LogP contribution is 2.51. The van der Waals surface area contributed by atoms with Crippen molar-refractivity contribution in [3.63, 3.8) is 0 Å². The van der Waals surface area contributed by atoms with Gasteiger partial charge in [-0.2, -0.15) is 23.5 Å². The maximum Gasteiger partial charge on any atom is 0.416 e. The van der Waals surface area contributed by atoms with Gasteiger partial charge in [0, 0.05) is 29.4 Å². The zero-order chi connectivity index (χ0) is 28.2. The van der Waals surface area contributed by atoms with Gasteiger partial charge in [0.05, 0.1) is 43.5 Å². The van der Waals surface area contributed by atoms with Gasteiger partial charge in [0.25, 0.3) is 13.4 Å². The monoisotopic (exact) mass is 580 g/mol. The first kappa shape index (κ1) is 28.6. The predicted octanol–water partition coefficient (Wildman–Crippen LogP) is 5.29. The van der Waals surface area contributed by atoms with E-state index in [1.807, 2.05) is 6.07 Å². The van der Waals surface area contributed by atoms with E-state index in [1.165, 1.54) is 28.9 Å². The van der Waals surface area contributed by atoms with Crippen molar-refractivity contribution in [2.45, 2.75) is 26.1 Å². The van der Waals surface area contributed by atoms with Gasteiger partial charge in [-0.05, 0) is 49.4 Å². The van der Waals surface area contributed by atoms with Crippen molar-refractivity contribution >= 4 is 41.8 Å². The topological polar surface area (TPSA) is 112 Å². The van der Waals surface area contributed by atoms with Crippen molar-refractivity contribution in [1.29, 1.82) is 5.26 Å². The van der Waals surface area contributed by atoms with E-state index in [4.69, 9.17) is 21.6 Å². The van der Waals surface area contributed by atoms with Crippen LogP contribution in [0.5, 0.6) is 0 Å². The maximum atomic E-state index is 15.0. The minimum absolute atomic E-state index is 0.0150. The second-order valence-corrected chi connectivity index (χ2v) is 11.5. The molecule has 0 radical (unpaired) electrons. The van der Waals surface area contributed by atoms with Gasteiger partial charge in [0.2, 0.25) is 0 Å². The highest BCUT2D eigenvalue weighted by molar-refractivity contribution is 7.71. The number of amides is 1. The minimum atomic E-state index is -4.60. The number of anilines is 2. The fourth-order valence-electron chi connectivity index (χ4n) is 4.20. The molecule has 1 aliphatic rings. The summed E-state index contributed by atoms with van der Waals surface area (Å²) in [4.78, 5) is 13.2. The van der Waals surface area contributed by atoms with E-state index in [2.05, 4.69) is 15.5 Å². The molecule has 2 N–H and O–H groups in total. The Balaban J connectivity index is 1.84. The first-order valence-electron chi connectivity index (χ1n) is 11.9. The van der Waals surface area contributed by atoms with E-state index < -0.39 is 25.1 Å². The van der Waals surface area contributed by atoms with Crippen molar-refractivity contribution in [2.75, 3.05) is 36.7 Å². The van der Waals surface area contributed by atoms with Crippen LogP contribution in [0.2, 0.25) is 5.02 Å². The lowest BCUT2D eigenvalue weighted by molar-refractivity contribution is -0.137. The fourth-order valence-corrected chi connectivity index (χ4v) is 7.02. The van der Waals surface area contributed by atoms with Gasteiger partial charge in [-0.25, -0.2) is 9.35 Å². The van der Waals surface area contributed by atoms with E-state index in [1.54, 1.807) is 23.7 Å². The molecule has 4 rings (SSSR count). The molecule has 3 aromatic rings. The van der Waals surface area contributed by atoms with E-state index >= 15 is 0 Å². The molecule has 1 saturated heterocycles. The van der Waals surface area contributed by atoms with Gasteiger partial charge >= 0.3 is 6.18 Å². The highest BCUT2D eigenvalue weighted by Gasteiger charge is 2.41. The molecule has 1 aromatic heterocycles. The van der Waals surface area contributed by atoms with Gasteiger partial charge in [-0.3, -0.25) is 9.36 Å². The normalized spacial score (nSPS) is 15.8. The second-order valence-electron chi connectivity index (χ2n) is 8.71. The van der Waals surface area contributed by atoms with Crippen molar-refractivity contribution < 1.29 is 27.3 Å². The number of halogens is 4. The van der Waals surface area contributed by atoms with Crippen molar-refractivity contribution in [1.82, 2.24) is 14.5 Å². The predicted molar refractivity (Wildman–Crippen MR) is 141 cm³/mol. The van der Waals surface area contributed by atoms with Crippen LogP contribution >= 0.6 is 19.0 Å². The molecule has 2 heterocycles. The van der Waals surface area contributed by atoms with Crippen LogP contribution in [-0.4, -0.2) is 46.7 Å². The fraction of sp³-hybridized carbons (Fsp3) is 0.320. The molecule has 14 heteroatoms. The molecule has 2 aromatic carbocycles. The number of nitriles is 1. The van der Waals surface area contributed by atoms with Crippen LogP contribution < -0.4 is 15.7 Å². The molecule has 0 saturated carbocycles. The molecule has 1 fully saturated rings. The van der Waals surface area contributed by atoms with Crippen LogP contribution in [0.4, 0.5) is 24.7 Å². The van der Waals surface area contributed by atoms with Crippen molar-refractivity contribution in [2.24, 2.45) is 0 Å². The average Bonchev–Trinajstić information content (AvgIpc) is 3.22. The van der Waals surface area contributed by atoms with Gasteiger partial charge in [-0.15, -0.1) is 0 Å². The largest absolute Gasteiger partial charge is 0.416 e. The molecular weight excluding hydrogens is 556 g/mol. The molecule has 0 bridgehead atoms. The molecule has 1 unspecified atom stereocenters. The van der Waals surface area contributed by atoms with Crippen LogP contribution in [0.3, 0.4) is 0 Å². The summed E-state index contributed by atoms with van der Waals surface area (Å²) in [6.07, 6.45) is -4.55. The molecule has 206 valence electrons. The Morgan fingerprint density at radius 3 is 2.54 bits per heavy atom. The molecular formula is C25H25ClF3N6O3P. The first-order chi connectivity index (χ1) is 18.5. The Kier molecular flexibility index (Phi) is 8.67. The van der Waals surface area contributed by atoms with Crippen molar-refractivity contribution in [3.05, 3.63) is 70.4 Å². The second kappa shape index (κ2) is 11.8. The van der Waals surface area contributed by atoms with Gasteiger partial charge in [0.1, 0.15) is 11.1 Å². The third-order valence-corrected chi connectivity index (χ3v) is 9.18. The standard InChI is InChI=1S/C25H25ClF3N6O3P/c1-17-22(23(35(32-17)11-3-10-30)31-24(36)18-6-8-20(26)9-7-18)39(37,34-12-14-38-15-13-34)33-21-5-2-4-19(16-21)25(27,28)29/h2,4-9,16H,3,11-15H2,1H3,(H,31,36)(H,33,37). The number of ether oxygens (including phenoxy) is 1. The third kappa shape index (κ3) is 6.45. The van der Waals surface area contributed by atoms with E-state index in [0.717, 1.165) is 12.1 Å². The smallest absolute Gasteiger partial charge is 0.379 e. The lowest BCUT2D eigenvalue weighted by atomic mass is 10.2. The molecule has 1 amide bonds. The Morgan fingerprint density at radius 2 is 1.90 bits per heavy atom. The summed E-state index contributed by atoms with van der Waals surface area (Å²) in [6, 6.07) is 12.6. The first-order valence-corrected chi connectivity index (χ1v) is 14.0. The van der Waals surface area contributed by atoms with Crippen LogP contribution in [0, 0.1) is 18.3 Å².